The van der Waals surface area contributed by atoms with Gasteiger partial charge in [0.1, 0.15) is 0 Å². The van der Waals surface area contributed by atoms with E-state index in [1.807, 2.05) is 30.3 Å². The maximum atomic E-state index is 12.9. The van der Waals surface area contributed by atoms with Crippen LogP contribution in [0.15, 0.2) is 42.5 Å². The molecule has 0 bridgehead atoms. The molecule has 1 atom stereocenters. The first-order valence-electron chi connectivity index (χ1n) is 9.50. The highest BCUT2D eigenvalue weighted by Gasteiger charge is 2.26. The van der Waals surface area contributed by atoms with Gasteiger partial charge in [0.15, 0.2) is 0 Å². The van der Waals surface area contributed by atoms with Crippen LogP contribution in [0.1, 0.15) is 43.7 Å². The quantitative estimate of drug-likeness (QED) is 0.665. The summed E-state index contributed by atoms with van der Waals surface area (Å²) in [5.41, 5.74) is 3.15. The van der Waals surface area contributed by atoms with Crippen LogP contribution in [0.2, 0.25) is 10.0 Å². The van der Waals surface area contributed by atoms with Crippen molar-refractivity contribution in [3.8, 4) is 0 Å². The number of carbonyl (C=O) groups is 1. The van der Waals surface area contributed by atoms with Crippen LogP contribution in [-0.2, 0) is 11.3 Å². The number of hydrogen-bond acceptors (Lipinski definition) is 2. The van der Waals surface area contributed by atoms with Gasteiger partial charge in [0.25, 0.3) is 0 Å². The highest BCUT2D eigenvalue weighted by Crippen LogP contribution is 2.27. The highest BCUT2D eigenvalue weighted by atomic mass is 35.5. The number of halogens is 2. The molecule has 0 aliphatic carbocycles. The van der Waals surface area contributed by atoms with Crippen molar-refractivity contribution < 1.29 is 4.79 Å². The maximum absolute atomic E-state index is 12.9. The molecule has 1 saturated heterocycles. The lowest BCUT2D eigenvalue weighted by Gasteiger charge is -2.32. The molecule has 2 aromatic carbocycles. The first-order chi connectivity index (χ1) is 12.9. The Hall–Kier alpha value is -1.55. The molecule has 0 saturated carbocycles. The maximum Gasteiger partial charge on any atom is 0.228 e. The topological polar surface area (TPSA) is 32.3 Å². The van der Waals surface area contributed by atoms with Gasteiger partial charge < -0.3 is 5.32 Å². The third kappa shape index (κ3) is 5.25. The zero-order valence-corrected chi connectivity index (χ0v) is 17.4. The fourth-order valence-corrected chi connectivity index (χ4v) is 4.12. The second-order valence-corrected chi connectivity index (χ2v) is 8.38. The summed E-state index contributed by atoms with van der Waals surface area (Å²) in [6, 6.07) is 13.7. The number of piperidine rings is 1. The van der Waals surface area contributed by atoms with E-state index < -0.39 is 0 Å². The highest BCUT2D eigenvalue weighted by molar-refractivity contribution is 6.35. The van der Waals surface area contributed by atoms with E-state index in [0.717, 1.165) is 43.7 Å². The van der Waals surface area contributed by atoms with Crippen molar-refractivity contribution in [3.05, 3.63) is 63.6 Å². The van der Waals surface area contributed by atoms with Crippen LogP contribution in [0.5, 0.6) is 0 Å². The minimum absolute atomic E-state index is 0.00922. The normalized spacial score (nSPS) is 17.9. The Kier molecular flexibility index (Phi) is 6.80. The number of carbonyl (C=O) groups excluding carboxylic acids is 1. The molecular formula is C22H26Cl2N2O. The predicted molar refractivity (Wildman–Crippen MR) is 114 cm³/mol. The van der Waals surface area contributed by atoms with E-state index in [4.69, 9.17) is 23.2 Å². The molecule has 3 nitrogen and oxygen atoms in total. The van der Waals surface area contributed by atoms with Crippen molar-refractivity contribution in [2.24, 2.45) is 5.92 Å². The van der Waals surface area contributed by atoms with Gasteiger partial charge in [0.05, 0.1) is 5.92 Å². The summed E-state index contributed by atoms with van der Waals surface area (Å²) in [4.78, 5) is 15.2. The molecule has 5 heteroatoms. The number of nitrogens with one attached hydrogen (secondary N) is 1. The number of hydrogen-bond donors (Lipinski definition) is 1. The molecule has 3 rings (SSSR count). The first kappa shape index (κ1) is 20.2. The molecule has 27 heavy (non-hydrogen) atoms. The summed E-state index contributed by atoms with van der Waals surface area (Å²) < 4.78 is 0. The van der Waals surface area contributed by atoms with Gasteiger partial charge in [-0.15, -0.1) is 0 Å². The number of amides is 1. The van der Waals surface area contributed by atoms with Gasteiger partial charge in [-0.25, -0.2) is 0 Å². The summed E-state index contributed by atoms with van der Waals surface area (Å²) in [5.74, 6) is 0.469. The molecule has 1 fully saturated rings. The SMILES string of the molecule is CC(C)c1ccccc1NC(=O)C1CCCN(Cc2ccc(Cl)cc2Cl)C1. The summed E-state index contributed by atoms with van der Waals surface area (Å²) in [5, 5.41) is 4.48. The van der Waals surface area contributed by atoms with Crippen LogP contribution in [0.4, 0.5) is 5.69 Å². The third-order valence-electron chi connectivity index (χ3n) is 5.13. The molecule has 1 amide bonds. The summed E-state index contributed by atoms with van der Waals surface area (Å²) in [6.45, 7) is 6.74. The van der Waals surface area contributed by atoms with E-state index in [0.29, 0.717) is 16.0 Å². The Morgan fingerprint density at radius 2 is 2.00 bits per heavy atom. The van der Waals surface area contributed by atoms with Crippen molar-refractivity contribution in [3.63, 3.8) is 0 Å². The van der Waals surface area contributed by atoms with E-state index in [9.17, 15) is 4.79 Å². The Morgan fingerprint density at radius 1 is 1.22 bits per heavy atom. The van der Waals surface area contributed by atoms with Gasteiger partial charge in [-0.1, -0.05) is 61.3 Å². The van der Waals surface area contributed by atoms with Gasteiger partial charge in [-0.2, -0.15) is 0 Å². The van der Waals surface area contributed by atoms with Crippen LogP contribution in [0, 0.1) is 5.92 Å². The number of likely N-dealkylation sites (tertiary alicyclic amines) is 1. The molecule has 0 radical (unpaired) electrons. The number of anilines is 1. The molecular weight excluding hydrogens is 379 g/mol. The fourth-order valence-electron chi connectivity index (χ4n) is 3.65. The molecule has 0 aromatic heterocycles. The fraction of sp³-hybridized carbons (Fsp3) is 0.409. The van der Waals surface area contributed by atoms with Gasteiger partial charge in [0.2, 0.25) is 5.91 Å². The lowest BCUT2D eigenvalue weighted by Crippen LogP contribution is -2.40. The second-order valence-electron chi connectivity index (χ2n) is 7.54. The molecule has 1 unspecified atom stereocenters. The van der Waals surface area contributed by atoms with Crippen molar-refractivity contribution in [1.29, 1.82) is 0 Å². The molecule has 0 spiro atoms. The van der Waals surface area contributed by atoms with E-state index in [-0.39, 0.29) is 11.8 Å². The number of rotatable bonds is 5. The Balaban J connectivity index is 1.64. The van der Waals surface area contributed by atoms with E-state index >= 15 is 0 Å². The number of nitrogens with zero attached hydrogens (tertiary/aromatic N) is 1. The Labute approximate surface area is 171 Å². The average molecular weight is 405 g/mol. The summed E-state index contributed by atoms with van der Waals surface area (Å²) in [6.07, 6.45) is 1.93. The standard InChI is InChI=1S/C22H26Cl2N2O/c1-15(2)19-7-3-4-8-21(19)25-22(27)17-6-5-11-26(14-17)13-16-9-10-18(23)12-20(16)24/h3-4,7-10,12,15,17H,5-6,11,13-14H2,1-2H3,(H,25,27). The van der Waals surface area contributed by atoms with Gasteiger partial charge >= 0.3 is 0 Å². The van der Waals surface area contributed by atoms with Crippen molar-refractivity contribution in [2.75, 3.05) is 18.4 Å². The van der Waals surface area contributed by atoms with Gasteiger partial charge in [-0.3, -0.25) is 9.69 Å². The summed E-state index contributed by atoms with van der Waals surface area (Å²) >= 11 is 12.3. The Bertz CT molecular complexity index is 807. The van der Waals surface area contributed by atoms with E-state index in [1.165, 1.54) is 5.56 Å². The van der Waals surface area contributed by atoms with E-state index in [1.54, 1.807) is 6.07 Å². The predicted octanol–water partition coefficient (Wildman–Crippen LogP) is 5.97. The van der Waals surface area contributed by atoms with Gasteiger partial charge in [0, 0.05) is 28.8 Å². The number of para-hydroxylation sites is 1. The molecule has 1 aliphatic rings. The van der Waals surface area contributed by atoms with Gasteiger partial charge in [-0.05, 0) is 54.6 Å². The zero-order valence-electron chi connectivity index (χ0n) is 15.8. The largest absolute Gasteiger partial charge is 0.326 e. The zero-order chi connectivity index (χ0) is 19.4. The monoisotopic (exact) mass is 404 g/mol. The molecule has 1 heterocycles. The summed E-state index contributed by atoms with van der Waals surface area (Å²) in [7, 11) is 0. The van der Waals surface area contributed by atoms with Crippen LogP contribution >= 0.6 is 23.2 Å². The van der Waals surface area contributed by atoms with Crippen LogP contribution in [-0.4, -0.2) is 23.9 Å². The molecule has 1 aliphatic heterocycles. The third-order valence-corrected chi connectivity index (χ3v) is 5.71. The molecule has 144 valence electrons. The van der Waals surface area contributed by atoms with Crippen molar-refractivity contribution >= 4 is 34.8 Å². The average Bonchev–Trinajstić information content (AvgIpc) is 2.64. The number of benzene rings is 2. The van der Waals surface area contributed by atoms with Crippen LogP contribution < -0.4 is 5.32 Å². The van der Waals surface area contributed by atoms with Crippen molar-refractivity contribution in [1.82, 2.24) is 4.90 Å². The minimum Gasteiger partial charge on any atom is -0.326 e. The smallest absolute Gasteiger partial charge is 0.228 e. The lowest BCUT2D eigenvalue weighted by molar-refractivity contribution is -0.121. The minimum atomic E-state index is -0.00922. The van der Waals surface area contributed by atoms with Crippen LogP contribution in [0.25, 0.3) is 0 Å². The first-order valence-corrected chi connectivity index (χ1v) is 10.3. The molecule has 1 N–H and O–H groups in total. The van der Waals surface area contributed by atoms with E-state index in [2.05, 4.69) is 30.1 Å². The molecule has 2 aromatic rings. The Morgan fingerprint density at radius 3 is 2.74 bits per heavy atom. The van der Waals surface area contributed by atoms with Crippen molar-refractivity contribution in [2.45, 2.75) is 39.2 Å². The second kappa shape index (κ2) is 9.09. The van der Waals surface area contributed by atoms with Crippen LogP contribution in [0.3, 0.4) is 0 Å². The lowest BCUT2D eigenvalue weighted by atomic mass is 9.95.